The normalized spacial score (nSPS) is 12.6. The monoisotopic (exact) mass is 268 g/mol. The minimum Gasteiger partial charge on any atom is -0.344 e. The molecule has 0 radical (unpaired) electrons. The van der Waals surface area contributed by atoms with Gasteiger partial charge < -0.3 is 9.88 Å². The van der Waals surface area contributed by atoms with E-state index in [0.717, 1.165) is 0 Å². The fraction of sp³-hybridized carbons (Fsp3) is 0.364. The fourth-order valence-electron chi connectivity index (χ4n) is 1.74. The summed E-state index contributed by atoms with van der Waals surface area (Å²) in [5, 5.41) is 10.7. The van der Waals surface area contributed by atoms with Gasteiger partial charge in [0.2, 0.25) is 5.95 Å². The van der Waals surface area contributed by atoms with Gasteiger partial charge in [0.25, 0.3) is 5.69 Å². The van der Waals surface area contributed by atoms with Crippen molar-refractivity contribution < 1.29 is 4.92 Å². The lowest BCUT2D eigenvalue weighted by Crippen LogP contribution is -2.25. The van der Waals surface area contributed by atoms with Crippen LogP contribution in [-0.2, 0) is 0 Å². The Morgan fingerprint density at radius 3 is 2.94 bits per heavy atom. The Bertz CT molecular complexity index is 581. The van der Waals surface area contributed by atoms with Crippen LogP contribution in [0.25, 0.3) is 11.0 Å². The van der Waals surface area contributed by atoms with Gasteiger partial charge in [0, 0.05) is 31.1 Å². The van der Waals surface area contributed by atoms with Gasteiger partial charge in [0.15, 0.2) is 0 Å². The van der Waals surface area contributed by atoms with Crippen LogP contribution >= 0.6 is 11.6 Å². The van der Waals surface area contributed by atoms with Gasteiger partial charge in [-0.3, -0.25) is 10.1 Å². The smallest absolute Gasteiger partial charge is 0.271 e. The van der Waals surface area contributed by atoms with Crippen molar-refractivity contribution in [1.29, 1.82) is 0 Å². The summed E-state index contributed by atoms with van der Waals surface area (Å²) >= 11 is 5.92. The molecule has 6 nitrogen and oxygen atoms in total. The molecule has 1 aromatic carbocycles. The van der Waals surface area contributed by atoms with E-state index in [1.807, 2.05) is 18.9 Å². The first-order chi connectivity index (χ1) is 8.47. The minimum atomic E-state index is -0.426. The summed E-state index contributed by atoms with van der Waals surface area (Å²) in [6, 6.07) is 4.55. The number of aromatic nitrogens is 2. The second-order valence-corrected chi connectivity index (χ2v) is 4.93. The van der Waals surface area contributed by atoms with E-state index in [-0.39, 0.29) is 11.1 Å². The van der Waals surface area contributed by atoms with Crippen LogP contribution in [0, 0.1) is 10.1 Å². The van der Waals surface area contributed by atoms with Gasteiger partial charge in [0.05, 0.1) is 16.0 Å². The zero-order valence-corrected chi connectivity index (χ0v) is 10.8. The van der Waals surface area contributed by atoms with Gasteiger partial charge in [-0.1, -0.05) is 0 Å². The van der Waals surface area contributed by atoms with Crippen molar-refractivity contribution in [1.82, 2.24) is 9.97 Å². The molecule has 1 N–H and O–H groups in total. The second-order valence-electron chi connectivity index (χ2n) is 4.18. The number of nitro benzene ring substituents is 1. The number of nitro groups is 1. The van der Waals surface area contributed by atoms with Crippen molar-refractivity contribution in [3.63, 3.8) is 0 Å². The van der Waals surface area contributed by atoms with Gasteiger partial charge in [0.1, 0.15) is 0 Å². The third-order valence-corrected chi connectivity index (χ3v) is 2.69. The Morgan fingerprint density at radius 1 is 1.61 bits per heavy atom. The van der Waals surface area contributed by atoms with Crippen LogP contribution in [0.15, 0.2) is 18.2 Å². The zero-order valence-electron chi connectivity index (χ0n) is 10.1. The SMILES string of the molecule is CC(Cl)CN(C)c1nc2ccc([N+](=O)[O-])cc2[nH]1. The predicted molar refractivity (Wildman–Crippen MR) is 71.3 cm³/mol. The molecule has 96 valence electrons. The third kappa shape index (κ3) is 2.53. The molecule has 1 atom stereocenters. The molecule has 2 aromatic rings. The Hall–Kier alpha value is -1.82. The highest BCUT2D eigenvalue weighted by atomic mass is 35.5. The van der Waals surface area contributed by atoms with Crippen LogP contribution in [-0.4, -0.2) is 33.9 Å². The van der Waals surface area contributed by atoms with Crippen molar-refractivity contribution in [3.8, 4) is 0 Å². The van der Waals surface area contributed by atoms with Crippen LogP contribution in [0.3, 0.4) is 0 Å². The summed E-state index contributed by atoms with van der Waals surface area (Å²) in [6.45, 7) is 2.54. The molecular weight excluding hydrogens is 256 g/mol. The van der Waals surface area contributed by atoms with E-state index in [2.05, 4.69) is 9.97 Å². The van der Waals surface area contributed by atoms with Gasteiger partial charge in [-0.05, 0) is 13.0 Å². The van der Waals surface area contributed by atoms with Gasteiger partial charge in [-0.2, -0.15) is 0 Å². The molecule has 0 saturated heterocycles. The highest BCUT2D eigenvalue weighted by molar-refractivity contribution is 6.20. The molecule has 1 heterocycles. The lowest BCUT2D eigenvalue weighted by Gasteiger charge is -2.16. The lowest BCUT2D eigenvalue weighted by atomic mass is 10.3. The Kier molecular flexibility index (Phi) is 3.38. The van der Waals surface area contributed by atoms with E-state index in [1.54, 1.807) is 6.07 Å². The maximum absolute atomic E-state index is 10.7. The number of hydrogen-bond acceptors (Lipinski definition) is 4. The van der Waals surface area contributed by atoms with Crippen molar-refractivity contribution in [2.45, 2.75) is 12.3 Å². The number of aromatic amines is 1. The molecule has 0 aliphatic heterocycles. The summed E-state index contributed by atoms with van der Waals surface area (Å²) in [5.74, 6) is 0.651. The molecule has 7 heteroatoms. The fourth-order valence-corrected chi connectivity index (χ4v) is 1.95. The van der Waals surface area contributed by atoms with E-state index in [9.17, 15) is 10.1 Å². The van der Waals surface area contributed by atoms with Gasteiger partial charge >= 0.3 is 0 Å². The number of fused-ring (bicyclic) bond motifs is 1. The molecule has 18 heavy (non-hydrogen) atoms. The number of halogens is 1. The second kappa shape index (κ2) is 4.81. The average Bonchev–Trinajstić information content (AvgIpc) is 2.70. The van der Waals surface area contributed by atoms with Crippen LogP contribution < -0.4 is 4.90 Å². The third-order valence-electron chi connectivity index (χ3n) is 2.55. The van der Waals surface area contributed by atoms with Crippen molar-refractivity contribution in [2.24, 2.45) is 0 Å². The molecular formula is C11H13ClN4O2. The van der Waals surface area contributed by atoms with Gasteiger partial charge in [-0.15, -0.1) is 11.6 Å². The van der Waals surface area contributed by atoms with Crippen LogP contribution in [0.5, 0.6) is 0 Å². The highest BCUT2D eigenvalue weighted by Crippen LogP contribution is 2.21. The Morgan fingerprint density at radius 2 is 2.33 bits per heavy atom. The summed E-state index contributed by atoms with van der Waals surface area (Å²) in [5.41, 5.74) is 1.39. The Labute approximate surface area is 109 Å². The number of alkyl halides is 1. The molecule has 0 aliphatic carbocycles. The summed E-state index contributed by atoms with van der Waals surface area (Å²) < 4.78 is 0. The molecule has 0 fully saturated rings. The number of anilines is 1. The highest BCUT2D eigenvalue weighted by Gasteiger charge is 2.12. The first-order valence-electron chi connectivity index (χ1n) is 5.46. The topological polar surface area (TPSA) is 75.1 Å². The quantitative estimate of drug-likeness (QED) is 0.525. The number of hydrogen-bond donors (Lipinski definition) is 1. The molecule has 1 aromatic heterocycles. The predicted octanol–water partition coefficient (Wildman–Crippen LogP) is 2.53. The first-order valence-corrected chi connectivity index (χ1v) is 5.90. The van der Waals surface area contributed by atoms with Crippen molar-refractivity contribution >= 4 is 34.3 Å². The number of H-pyrrole nitrogens is 1. The van der Waals surface area contributed by atoms with Crippen LogP contribution in [0.2, 0.25) is 0 Å². The maximum atomic E-state index is 10.7. The van der Waals surface area contributed by atoms with E-state index < -0.39 is 4.92 Å². The number of benzene rings is 1. The molecule has 0 aliphatic rings. The number of nitrogens with one attached hydrogen (secondary N) is 1. The molecule has 1 unspecified atom stereocenters. The lowest BCUT2D eigenvalue weighted by molar-refractivity contribution is -0.384. The standard InChI is InChI=1S/C11H13ClN4O2/c1-7(12)6-15(2)11-13-9-4-3-8(16(17)18)5-10(9)14-11/h3-5,7H,6H2,1-2H3,(H,13,14). The van der Waals surface area contributed by atoms with Crippen LogP contribution in [0.4, 0.5) is 11.6 Å². The van der Waals surface area contributed by atoms with E-state index in [4.69, 9.17) is 11.6 Å². The number of imidazole rings is 1. The maximum Gasteiger partial charge on any atom is 0.271 e. The van der Waals surface area contributed by atoms with E-state index in [1.165, 1.54) is 12.1 Å². The molecule has 0 bridgehead atoms. The van der Waals surface area contributed by atoms with E-state index in [0.29, 0.717) is 23.5 Å². The first kappa shape index (κ1) is 12.6. The largest absolute Gasteiger partial charge is 0.344 e. The molecule has 0 spiro atoms. The number of rotatable bonds is 4. The summed E-state index contributed by atoms with van der Waals surface area (Å²) in [4.78, 5) is 19.5. The van der Waals surface area contributed by atoms with Crippen LogP contribution in [0.1, 0.15) is 6.92 Å². The average molecular weight is 269 g/mol. The van der Waals surface area contributed by atoms with Crippen molar-refractivity contribution in [3.05, 3.63) is 28.3 Å². The van der Waals surface area contributed by atoms with Crippen molar-refractivity contribution in [2.75, 3.05) is 18.5 Å². The number of nitrogens with zero attached hydrogens (tertiary/aromatic N) is 3. The number of non-ortho nitro benzene ring substituents is 1. The summed E-state index contributed by atoms with van der Waals surface area (Å²) in [7, 11) is 1.87. The zero-order chi connectivity index (χ0) is 13.3. The molecule has 2 rings (SSSR count). The summed E-state index contributed by atoms with van der Waals surface area (Å²) in [6.07, 6.45) is 0. The molecule has 0 saturated carbocycles. The minimum absolute atomic E-state index is 0.00227. The van der Waals surface area contributed by atoms with E-state index >= 15 is 0 Å². The Balaban J connectivity index is 2.35. The molecule has 0 amide bonds. The van der Waals surface area contributed by atoms with Gasteiger partial charge in [-0.25, -0.2) is 4.98 Å².